The number of nitrogens with one attached hydrogen (secondary N) is 1. The van der Waals surface area contributed by atoms with Gasteiger partial charge >= 0.3 is 6.18 Å². The van der Waals surface area contributed by atoms with Gasteiger partial charge in [-0.15, -0.1) is 0 Å². The SMILES string of the molecule is FC(F)(F)c1cc(Nc2ccccc2)nc(-c2cccnc2)n1. The smallest absolute Gasteiger partial charge is 0.340 e. The Kier molecular flexibility index (Phi) is 3.92. The maximum Gasteiger partial charge on any atom is 0.433 e. The molecule has 1 aromatic carbocycles. The van der Waals surface area contributed by atoms with Gasteiger partial charge in [0.05, 0.1) is 0 Å². The van der Waals surface area contributed by atoms with Crippen molar-refractivity contribution in [3.63, 3.8) is 0 Å². The molecule has 0 spiro atoms. The molecule has 1 N–H and O–H groups in total. The van der Waals surface area contributed by atoms with Gasteiger partial charge in [-0.05, 0) is 24.3 Å². The lowest BCUT2D eigenvalue weighted by Gasteiger charge is -2.12. The fourth-order valence-electron chi connectivity index (χ4n) is 1.95. The van der Waals surface area contributed by atoms with Crippen LogP contribution in [0.1, 0.15) is 5.69 Å². The van der Waals surface area contributed by atoms with Crippen LogP contribution in [-0.4, -0.2) is 15.0 Å². The first-order chi connectivity index (χ1) is 11.0. The number of nitrogens with zero attached hydrogens (tertiary/aromatic N) is 3. The summed E-state index contributed by atoms with van der Waals surface area (Å²) in [5.74, 6) is 0.0312. The van der Waals surface area contributed by atoms with E-state index in [0.29, 0.717) is 11.3 Å². The predicted octanol–water partition coefficient (Wildman–Crippen LogP) is 4.30. The summed E-state index contributed by atoms with van der Waals surface area (Å²) in [5, 5.41) is 2.86. The van der Waals surface area contributed by atoms with Gasteiger partial charge in [-0.25, -0.2) is 9.97 Å². The van der Waals surface area contributed by atoms with Crippen molar-refractivity contribution in [3.05, 3.63) is 66.6 Å². The van der Waals surface area contributed by atoms with E-state index in [9.17, 15) is 13.2 Å². The molecule has 0 fully saturated rings. The Morgan fingerprint density at radius 1 is 0.913 bits per heavy atom. The zero-order chi connectivity index (χ0) is 16.3. The highest BCUT2D eigenvalue weighted by atomic mass is 19.4. The van der Waals surface area contributed by atoms with Gasteiger partial charge in [-0.3, -0.25) is 4.98 Å². The number of anilines is 2. The molecule has 0 saturated carbocycles. The number of hydrogen-bond donors (Lipinski definition) is 1. The molecule has 0 atom stereocenters. The van der Waals surface area contributed by atoms with Gasteiger partial charge in [0.2, 0.25) is 0 Å². The summed E-state index contributed by atoms with van der Waals surface area (Å²) in [4.78, 5) is 11.6. The molecule has 0 aliphatic carbocycles. The van der Waals surface area contributed by atoms with E-state index in [0.717, 1.165) is 6.07 Å². The van der Waals surface area contributed by atoms with Crippen LogP contribution in [0, 0.1) is 0 Å². The van der Waals surface area contributed by atoms with E-state index in [2.05, 4.69) is 20.3 Å². The maximum absolute atomic E-state index is 13.1. The Bertz CT molecular complexity index is 789. The highest BCUT2D eigenvalue weighted by Gasteiger charge is 2.33. The first-order valence-electron chi connectivity index (χ1n) is 6.71. The predicted molar refractivity (Wildman–Crippen MR) is 80.0 cm³/mol. The molecule has 0 radical (unpaired) electrons. The van der Waals surface area contributed by atoms with E-state index < -0.39 is 11.9 Å². The molecule has 0 amide bonds. The molecule has 4 nitrogen and oxygen atoms in total. The molecule has 7 heteroatoms. The molecule has 3 rings (SSSR count). The minimum atomic E-state index is -4.56. The maximum atomic E-state index is 13.1. The molecular formula is C16H11F3N4. The van der Waals surface area contributed by atoms with Gasteiger partial charge in [0.25, 0.3) is 0 Å². The zero-order valence-corrected chi connectivity index (χ0v) is 11.7. The molecule has 23 heavy (non-hydrogen) atoms. The van der Waals surface area contributed by atoms with Gasteiger partial charge < -0.3 is 5.32 Å². The number of aromatic nitrogens is 3. The molecular weight excluding hydrogens is 305 g/mol. The van der Waals surface area contributed by atoms with Crippen molar-refractivity contribution in [2.45, 2.75) is 6.18 Å². The zero-order valence-electron chi connectivity index (χ0n) is 11.7. The fraction of sp³-hybridized carbons (Fsp3) is 0.0625. The van der Waals surface area contributed by atoms with Crippen molar-refractivity contribution in [2.24, 2.45) is 0 Å². The Morgan fingerprint density at radius 3 is 2.35 bits per heavy atom. The fourth-order valence-corrected chi connectivity index (χ4v) is 1.95. The van der Waals surface area contributed by atoms with Crippen LogP contribution in [-0.2, 0) is 6.18 Å². The van der Waals surface area contributed by atoms with Crippen LogP contribution in [0.4, 0.5) is 24.7 Å². The van der Waals surface area contributed by atoms with Gasteiger partial charge in [-0.2, -0.15) is 13.2 Å². The largest absolute Gasteiger partial charge is 0.433 e. The number of para-hydroxylation sites is 1. The molecule has 0 bridgehead atoms. The standard InChI is InChI=1S/C16H11F3N4/c17-16(18,19)13-9-14(21-12-6-2-1-3-7-12)23-15(22-13)11-5-4-8-20-10-11/h1-10H,(H,21,22,23). The van der Waals surface area contributed by atoms with Crippen molar-refractivity contribution in [1.82, 2.24) is 15.0 Å². The second-order valence-electron chi connectivity index (χ2n) is 4.69. The van der Waals surface area contributed by atoms with E-state index in [1.807, 2.05) is 6.07 Å². The molecule has 0 aliphatic heterocycles. The molecule has 0 aliphatic rings. The monoisotopic (exact) mass is 316 g/mol. The average Bonchev–Trinajstić information content (AvgIpc) is 2.55. The van der Waals surface area contributed by atoms with Gasteiger partial charge in [0.15, 0.2) is 11.5 Å². The molecule has 0 unspecified atom stereocenters. The van der Waals surface area contributed by atoms with Crippen molar-refractivity contribution in [1.29, 1.82) is 0 Å². The van der Waals surface area contributed by atoms with Crippen LogP contribution < -0.4 is 5.32 Å². The van der Waals surface area contributed by atoms with Crippen LogP contribution in [0.25, 0.3) is 11.4 Å². The van der Waals surface area contributed by atoms with Crippen LogP contribution >= 0.6 is 0 Å². The lowest BCUT2D eigenvalue weighted by atomic mass is 10.2. The highest BCUT2D eigenvalue weighted by molar-refractivity contribution is 5.61. The van der Waals surface area contributed by atoms with E-state index in [-0.39, 0.29) is 11.6 Å². The van der Waals surface area contributed by atoms with Crippen molar-refractivity contribution >= 4 is 11.5 Å². The van der Waals surface area contributed by atoms with Gasteiger partial charge in [0.1, 0.15) is 5.82 Å². The second kappa shape index (κ2) is 6.04. The summed E-state index contributed by atoms with van der Waals surface area (Å²) in [6.45, 7) is 0. The first-order valence-corrected chi connectivity index (χ1v) is 6.71. The van der Waals surface area contributed by atoms with Crippen molar-refractivity contribution in [2.75, 3.05) is 5.32 Å². The summed E-state index contributed by atoms with van der Waals surface area (Å²) < 4.78 is 39.2. The first kappa shape index (κ1) is 15.0. The number of rotatable bonds is 3. The van der Waals surface area contributed by atoms with Gasteiger partial charge in [-0.1, -0.05) is 18.2 Å². The van der Waals surface area contributed by atoms with Crippen LogP contribution in [0.3, 0.4) is 0 Å². The van der Waals surface area contributed by atoms with Crippen LogP contribution in [0.5, 0.6) is 0 Å². The third-order valence-corrected chi connectivity index (χ3v) is 2.98. The van der Waals surface area contributed by atoms with E-state index in [4.69, 9.17) is 0 Å². The third kappa shape index (κ3) is 3.63. The Morgan fingerprint density at radius 2 is 1.70 bits per heavy atom. The summed E-state index contributed by atoms with van der Waals surface area (Å²) in [6.07, 6.45) is -1.62. The van der Waals surface area contributed by atoms with E-state index in [1.165, 1.54) is 12.4 Å². The number of benzene rings is 1. The summed E-state index contributed by atoms with van der Waals surface area (Å²) in [5.41, 5.74) is 0.0379. The third-order valence-electron chi connectivity index (χ3n) is 2.98. The molecule has 3 aromatic rings. The molecule has 2 heterocycles. The minimum Gasteiger partial charge on any atom is -0.340 e. The van der Waals surface area contributed by atoms with Crippen LogP contribution in [0.15, 0.2) is 60.9 Å². The summed E-state index contributed by atoms with van der Waals surface area (Å²) in [6, 6.07) is 12.9. The number of halogens is 3. The Labute approximate surface area is 130 Å². The number of alkyl halides is 3. The lowest BCUT2D eigenvalue weighted by molar-refractivity contribution is -0.141. The second-order valence-corrected chi connectivity index (χ2v) is 4.69. The Hall–Kier alpha value is -2.96. The molecule has 2 aromatic heterocycles. The summed E-state index contributed by atoms with van der Waals surface area (Å²) >= 11 is 0. The summed E-state index contributed by atoms with van der Waals surface area (Å²) in [7, 11) is 0. The van der Waals surface area contributed by atoms with E-state index >= 15 is 0 Å². The normalized spacial score (nSPS) is 11.3. The number of hydrogen-bond acceptors (Lipinski definition) is 4. The molecule has 116 valence electrons. The number of pyridine rings is 1. The van der Waals surface area contributed by atoms with Crippen molar-refractivity contribution in [3.8, 4) is 11.4 Å². The quantitative estimate of drug-likeness (QED) is 0.782. The Balaban J connectivity index is 2.05. The van der Waals surface area contributed by atoms with E-state index in [1.54, 1.807) is 36.4 Å². The van der Waals surface area contributed by atoms with Gasteiger partial charge in [0, 0.05) is 29.7 Å². The topological polar surface area (TPSA) is 50.7 Å². The molecule has 0 saturated heterocycles. The highest BCUT2D eigenvalue weighted by Crippen LogP contribution is 2.31. The average molecular weight is 316 g/mol. The van der Waals surface area contributed by atoms with Crippen LogP contribution in [0.2, 0.25) is 0 Å². The lowest BCUT2D eigenvalue weighted by Crippen LogP contribution is -2.11. The van der Waals surface area contributed by atoms with Crippen molar-refractivity contribution < 1.29 is 13.2 Å². The minimum absolute atomic E-state index is 0.0358.